The van der Waals surface area contributed by atoms with Crippen LogP contribution in [0.2, 0.25) is 0 Å². The molecule has 2 aliphatic heterocycles. The number of amides is 1. The van der Waals surface area contributed by atoms with Crippen LogP contribution in [0, 0.1) is 11.8 Å². The van der Waals surface area contributed by atoms with E-state index >= 15 is 0 Å². The summed E-state index contributed by atoms with van der Waals surface area (Å²) in [6.07, 6.45) is -0.164. The summed E-state index contributed by atoms with van der Waals surface area (Å²) in [5, 5.41) is 20.7. The number of aliphatic carboxylic acids is 1. The van der Waals surface area contributed by atoms with E-state index in [-0.39, 0.29) is 74.9 Å². The van der Waals surface area contributed by atoms with Crippen molar-refractivity contribution in [3.05, 3.63) is 11.3 Å². The number of carboxylic acid groups (broad SMARTS) is 1. The Kier molecular flexibility index (Phi) is 5.19. The molecular formula is C12H16KNO4. The molecule has 0 bridgehead atoms. The Morgan fingerprint density at radius 2 is 2.11 bits per heavy atom. The van der Waals surface area contributed by atoms with Crippen molar-refractivity contribution in [2.75, 3.05) is 0 Å². The van der Waals surface area contributed by atoms with Crippen LogP contribution in [0.15, 0.2) is 11.3 Å². The topological polar surface area (TPSA) is 80.7 Å². The summed E-state index contributed by atoms with van der Waals surface area (Å²) >= 11 is 0. The fraction of sp³-hybridized carbons (Fsp3) is 0.667. The zero-order valence-corrected chi connectivity index (χ0v) is 14.3. The Labute approximate surface area is 149 Å². The third-order valence-electron chi connectivity index (χ3n) is 3.89. The van der Waals surface area contributed by atoms with E-state index in [2.05, 4.69) is 0 Å². The molecule has 2 heterocycles. The fourth-order valence-corrected chi connectivity index (χ4v) is 3.11. The molecule has 0 radical (unpaired) electrons. The number of nitrogens with zero attached hydrogens (tertiary/aromatic N) is 1. The SMILES string of the molecule is CCC1=C(C(=O)[O-])N2C(=O)[C@H]([C@@H](C)O)[C@H]2[C@H]1C.[K+]. The summed E-state index contributed by atoms with van der Waals surface area (Å²) in [7, 11) is 0. The molecule has 0 aromatic heterocycles. The zero-order valence-electron chi connectivity index (χ0n) is 11.1. The van der Waals surface area contributed by atoms with Gasteiger partial charge in [-0.2, -0.15) is 0 Å². The van der Waals surface area contributed by atoms with Gasteiger partial charge in [0.1, 0.15) is 0 Å². The van der Waals surface area contributed by atoms with Crippen LogP contribution < -0.4 is 56.5 Å². The first-order valence-corrected chi connectivity index (χ1v) is 5.87. The zero-order chi connectivity index (χ0) is 12.9. The maximum Gasteiger partial charge on any atom is 1.00 e. The average Bonchev–Trinajstić information content (AvgIpc) is 2.47. The van der Waals surface area contributed by atoms with Crippen LogP contribution >= 0.6 is 0 Å². The van der Waals surface area contributed by atoms with E-state index in [1.807, 2.05) is 13.8 Å². The quantitative estimate of drug-likeness (QED) is 0.425. The summed E-state index contributed by atoms with van der Waals surface area (Å²) in [4.78, 5) is 24.2. The molecule has 0 saturated carbocycles. The van der Waals surface area contributed by atoms with Gasteiger partial charge in [-0.25, -0.2) is 0 Å². The van der Waals surface area contributed by atoms with Crippen LogP contribution in [-0.4, -0.2) is 34.0 Å². The first-order chi connectivity index (χ1) is 7.91. The van der Waals surface area contributed by atoms with Crippen molar-refractivity contribution in [1.82, 2.24) is 4.90 Å². The van der Waals surface area contributed by atoms with Crippen LogP contribution in [0.3, 0.4) is 0 Å². The third-order valence-corrected chi connectivity index (χ3v) is 3.89. The van der Waals surface area contributed by atoms with E-state index < -0.39 is 18.0 Å². The largest absolute Gasteiger partial charge is 1.00 e. The van der Waals surface area contributed by atoms with Crippen molar-refractivity contribution in [2.45, 2.75) is 39.3 Å². The van der Waals surface area contributed by atoms with E-state index in [9.17, 15) is 19.8 Å². The van der Waals surface area contributed by atoms with Crippen molar-refractivity contribution >= 4 is 11.9 Å². The Balaban J connectivity index is 0.00000162. The molecule has 0 spiro atoms. The van der Waals surface area contributed by atoms with E-state index in [1.165, 1.54) is 4.90 Å². The van der Waals surface area contributed by atoms with E-state index in [4.69, 9.17) is 0 Å². The number of aliphatic hydroxyl groups excluding tert-OH is 1. The molecule has 6 heteroatoms. The Morgan fingerprint density at radius 3 is 2.50 bits per heavy atom. The number of aliphatic hydroxyl groups is 1. The number of carbonyl (C=O) groups is 2. The van der Waals surface area contributed by atoms with Crippen LogP contribution in [0.25, 0.3) is 0 Å². The van der Waals surface area contributed by atoms with Crippen molar-refractivity contribution in [3.8, 4) is 0 Å². The van der Waals surface area contributed by atoms with Gasteiger partial charge >= 0.3 is 51.4 Å². The second-order valence-corrected chi connectivity index (χ2v) is 4.77. The Bertz CT molecular complexity index is 418. The fourth-order valence-electron chi connectivity index (χ4n) is 3.11. The van der Waals surface area contributed by atoms with Crippen LogP contribution in [0.5, 0.6) is 0 Å². The van der Waals surface area contributed by atoms with Crippen LogP contribution in [-0.2, 0) is 9.59 Å². The third kappa shape index (κ3) is 2.13. The molecular weight excluding hydrogens is 261 g/mol. The molecule has 0 aromatic carbocycles. The van der Waals surface area contributed by atoms with Gasteiger partial charge in [0.25, 0.3) is 0 Å². The predicted molar refractivity (Wildman–Crippen MR) is 57.3 cm³/mol. The van der Waals surface area contributed by atoms with Gasteiger partial charge in [0.15, 0.2) is 0 Å². The maximum atomic E-state index is 11.8. The van der Waals surface area contributed by atoms with Gasteiger partial charge < -0.3 is 19.9 Å². The summed E-state index contributed by atoms with van der Waals surface area (Å²) in [5.41, 5.74) is 0.762. The number of carboxylic acids is 1. The van der Waals surface area contributed by atoms with E-state index in [0.717, 1.165) is 5.57 Å². The van der Waals surface area contributed by atoms with Gasteiger partial charge in [-0.15, -0.1) is 0 Å². The van der Waals surface area contributed by atoms with Crippen molar-refractivity contribution in [3.63, 3.8) is 0 Å². The number of rotatable bonds is 3. The molecule has 0 unspecified atom stereocenters. The molecule has 4 atom stereocenters. The van der Waals surface area contributed by atoms with Gasteiger partial charge in [0.05, 0.1) is 29.7 Å². The van der Waals surface area contributed by atoms with Gasteiger partial charge in [-0.05, 0) is 18.9 Å². The van der Waals surface area contributed by atoms with Crippen LogP contribution in [0.1, 0.15) is 27.2 Å². The summed E-state index contributed by atoms with van der Waals surface area (Å²) in [6, 6.07) is -0.217. The first-order valence-electron chi connectivity index (χ1n) is 5.87. The van der Waals surface area contributed by atoms with E-state index in [0.29, 0.717) is 6.42 Å². The van der Waals surface area contributed by atoms with Gasteiger partial charge in [0, 0.05) is 5.92 Å². The molecule has 1 amide bonds. The number of fused-ring (bicyclic) bond motifs is 1. The van der Waals surface area contributed by atoms with Gasteiger partial charge in [-0.3, -0.25) is 4.79 Å². The minimum Gasteiger partial charge on any atom is -0.543 e. The minimum atomic E-state index is -1.30. The number of β-lactam (4-membered cyclic amide) rings is 1. The molecule has 1 fully saturated rings. The average molecular weight is 277 g/mol. The second-order valence-electron chi connectivity index (χ2n) is 4.77. The van der Waals surface area contributed by atoms with Crippen LogP contribution in [0.4, 0.5) is 0 Å². The smallest absolute Gasteiger partial charge is 0.543 e. The van der Waals surface area contributed by atoms with E-state index in [1.54, 1.807) is 6.92 Å². The molecule has 1 saturated heterocycles. The number of hydrogen-bond acceptors (Lipinski definition) is 4. The molecule has 2 rings (SSSR count). The Hall–Kier alpha value is 0.276. The molecule has 0 aromatic rings. The number of carbonyl (C=O) groups excluding carboxylic acids is 2. The number of hydrogen-bond donors (Lipinski definition) is 1. The molecule has 5 nitrogen and oxygen atoms in total. The first kappa shape index (κ1) is 16.3. The molecule has 0 aliphatic carbocycles. The van der Waals surface area contributed by atoms with Crippen molar-refractivity contribution < 1.29 is 71.2 Å². The molecule has 1 N–H and O–H groups in total. The standard InChI is InChI=1S/C12H17NO4.K/c1-4-7-5(2)9-8(6(3)14)11(15)13(9)10(7)12(16)17;/h5-6,8-9,14H,4H2,1-3H3,(H,16,17);/q;+1/p-1/t5-,6+,8+,9+;/m0./s1. The normalized spacial score (nSPS) is 31.7. The Morgan fingerprint density at radius 1 is 1.56 bits per heavy atom. The van der Waals surface area contributed by atoms with Gasteiger partial charge in [0.2, 0.25) is 5.91 Å². The molecule has 94 valence electrons. The summed E-state index contributed by atoms with van der Waals surface area (Å²) < 4.78 is 0. The molecule has 2 aliphatic rings. The summed E-state index contributed by atoms with van der Waals surface area (Å²) in [5.74, 6) is -2.11. The molecule has 18 heavy (non-hydrogen) atoms. The summed E-state index contributed by atoms with van der Waals surface area (Å²) in [6.45, 7) is 5.33. The predicted octanol–water partition coefficient (Wildman–Crippen LogP) is -3.74. The van der Waals surface area contributed by atoms with Crippen molar-refractivity contribution in [1.29, 1.82) is 0 Å². The van der Waals surface area contributed by atoms with Crippen molar-refractivity contribution in [2.24, 2.45) is 11.8 Å². The maximum absolute atomic E-state index is 11.8. The van der Waals surface area contributed by atoms with Gasteiger partial charge in [-0.1, -0.05) is 13.8 Å². The second kappa shape index (κ2) is 5.72. The minimum absolute atomic E-state index is 0. The monoisotopic (exact) mass is 277 g/mol.